The lowest BCUT2D eigenvalue weighted by molar-refractivity contribution is 0.0528. The molecule has 6 heteroatoms. The second kappa shape index (κ2) is 8.78. The molecular weight excluding hydrogens is 280 g/mol. The smallest absolute Gasteiger partial charge is 0.407 e. The van der Waals surface area contributed by atoms with E-state index in [2.05, 4.69) is 33.6 Å². The van der Waals surface area contributed by atoms with E-state index in [9.17, 15) is 4.79 Å². The number of likely N-dealkylation sites (N-methyl/N-ethyl adjacent to an activating group) is 1. The molecule has 1 amide bonds. The lowest BCUT2D eigenvalue weighted by atomic mass is 10.2. The summed E-state index contributed by atoms with van der Waals surface area (Å²) in [5, 5.41) is 2.78. The van der Waals surface area contributed by atoms with E-state index >= 15 is 0 Å². The second-order valence-electron chi connectivity index (χ2n) is 6.28. The van der Waals surface area contributed by atoms with Crippen molar-refractivity contribution in [2.75, 3.05) is 26.2 Å². The molecule has 0 fully saturated rings. The summed E-state index contributed by atoms with van der Waals surface area (Å²) < 4.78 is 7.36. The van der Waals surface area contributed by atoms with Crippen LogP contribution in [0.2, 0.25) is 0 Å². The summed E-state index contributed by atoms with van der Waals surface area (Å²) in [5.74, 6) is 0. The minimum absolute atomic E-state index is 0.373. The van der Waals surface area contributed by atoms with Crippen LogP contribution in [0, 0.1) is 0 Å². The number of nitrogens with zero attached hydrogens (tertiary/aromatic N) is 3. The van der Waals surface area contributed by atoms with Gasteiger partial charge in [0.1, 0.15) is 5.60 Å². The van der Waals surface area contributed by atoms with Crippen molar-refractivity contribution in [3.05, 3.63) is 18.2 Å². The summed E-state index contributed by atoms with van der Waals surface area (Å²) in [6, 6.07) is 0. The van der Waals surface area contributed by atoms with Gasteiger partial charge in [0.05, 0.1) is 6.33 Å². The molecule has 0 radical (unpaired) electrons. The molecule has 126 valence electrons. The summed E-state index contributed by atoms with van der Waals surface area (Å²) >= 11 is 0. The van der Waals surface area contributed by atoms with Crippen molar-refractivity contribution in [2.45, 2.75) is 53.2 Å². The van der Waals surface area contributed by atoms with Crippen molar-refractivity contribution in [2.24, 2.45) is 0 Å². The number of imidazole rings is 1. The van der Waals surface area contributed by atoms with E-state index in [4.69, 9.17) is 4.74 Å². The SMILES string of the molecule is CCN(CC)CCn1cncc1CCNC(=O)OC(C)(C)C. The molecule has 22 heavy (non-hydrogen) atoms. The molecule has 1 N–H and O–H groups in total. The quantitative estimate of drug-likeness (QED) is 0.800. The van der Waals surface area contributed by atoms with Crippen LogP contribution in [-0.4, -0.2) is 52.3 Å². The zero-order valence-electron chi connectivity index (χ0n) is 14.6. The Kier molecular flexibility index (Phi) is 7.38. The zero-order valence-corrected chi connectivity index (χ0v) is 14.6. The Morgan fingerprint density at radius 1 is 1.36 bits per heavy atom. The first kappa shape index (κ1) is 18.5. The van der Waals surface area contributed by atoms with E-state index in [1.807, 2.05) is 33.3 Å². The van der Waals surface area contributed by atoms with Crippen molar-refractivity contribution in [3.8, 4) is 0 Å². The number of hydrogen-bond donors (Lipinski definition) is 1. The lowest BCUT2D eigenvalue weighted by Gasteiger charge is -2.20. The molecule has 1 aromatic heterocycles. The van der Waals surface area contributed by atoms with Gasteiger partial charge >= 0.3 is 6.09 Å². The standard InChI is InChI=1S/C16H30N4O2/c1-6-19(7-2)10-11-20-13-17-12-14(20)8-9-18-15(21)22-16(3,4)5/h12-13H,6-11H2,1-5H3,(H,18,21). The summed E-state index contributed by atoms with van der Waals surface area (Å²) in [6.45, 7) is 14.5. The van der Waals surface area contributed by atoms with Gasteiger partial charge in [-0.05, 0) is 33.9 Å². The van der Waals surface area contributed by atoms with Gasteiger partial charge in [-0.25, -0.2) is 9.78 Å². The van der Waals surface area contributed by atoms with Crippen molar-refractivity contribution in [1.82, 2.24) is 19.8 Å². The Labute approximate surface area is 133 Å². The number of hydrogen-bond acceptors (Lipinski definition) is 4. The first-order valence-electron chi connectivity index (χ1n) is 8.04. The third-order valence-corrected chi connectivity index (χ3v) is 3.40. The van der Waals surface area contributed by atoms with Crippen LogP contribution >= 0.6 is 0 Å². The molecule has 0 bridgehead atoms. The van der Waals surface area contributed by atoms with Crippen LogP contribution in [0.25, 0.3) is 0 Å². The van der Waals surface area contributed by atoms with E-state index in [1.165, 1.54) is 0 Å². The van der Waals surface area contributed by atoms with Gasteiger partial charge in [0.2, 0.25) is 0 Å². The summed E-state index contributed by atoms with van der Waals surface area (Å²) in [5.41, 5.74) is 0.665. The van der Waals surface area contributed by atoms with E-state index < -0.39 is 5.60 Å². The average molecular weight is 310 g/mol. The summed E-state index contributed by atoms with van der Waals surface area (Å²) in [7, 11) is 0. The first-order chi connectivity index (χ1) is 10.4. The first-order valence-corrected chi connectivity index (χ1v) is 8.04. The Bertz CT molecular complexity index is 447. The number of alkyl carbamates (subject to hydrolysis) is 1. The third-order valence-electron chi connectivity index (χ3n) is 3.40. The third kappa shape index (κ3) is 6.93. The van der Waals surface area contributed by atoms with Gasteiger partial charge in [0.15, 0.2) is 0 Å². The Hall–Kier alpha value is -1.56. The molecule has 0 saturated carbocycles. The lowest BCUT2D eigenvalue weighted by Crippen LogP contribution is -2.33. The maximum atomic E-state index is 11.6. The van der Waals surface area contributed by atoms with E-state index in [0.717, 1.165) is 38.3 Å². The molecule has 0 aromatic carbocycles. The number of ether oxygens (including phenoxy) is 1. The molecule has 1 aromatic rings. The molecule has 1 rings (SSSR count). The Balaban J connectivity index is 2.38. The van der Waals surface area contributed by atoms with Gasteiger partial charge in [-0.2, -0.15) is 0 Å². The van der Waals surface area contributed by atoms with Crippen molar-refractivity contribution in [1.29, 1.82) is 0 Å². The molecule has 6 nitrogen and oxygen atoms in total. The highest BCUT2D eigenvalue weighted by Gasteiger charge is 2.15. The van der Waals surface area contributed by atoms with Crippen LogP contribution in [0.4, 0.5) is 4.79 Å². The number of rotatable bonds is 8. The van der Waals surface area contributed by atoms with Crippen LogP contribution in [0.1, 0.15) is 40.3 Å². The van der Waals surface area contributed by atoms with Gasteiger partial charge < -0.3 is 19.5 Å². The zero-order chi connectivity index (χ0) is 16.6. The maximum absolute atomic E-state index is 11.6. The maximum Gasteiger partial charge on any atom is 0.407 e. The van der Waals surface area contributed by atoms with Gasteiger partial charge in [0.25, 0.3) is 0 Å². The largest absolute Gasteiger partial charge is 0.444 e. The number of nitrogens with one attached hydrogen (secondary N) is 1. The van der Waals surface area contributed by atoms with Crippen LogP contribution in [0.5, 0.6) is 0 Å². The topological polar surface area (TPSA) is 59.4 Å². The van der Waals surface area contributed by atoms with Gasteiger partial charge in [-0.1, -0.05) is 13.8 Å². The molecule has 0 aliphatic rings. The molecule has 0 spiro atoms. The molecule has 0 unspecified atom stereocenters. The van der Waals surface area contributed by atoms with Gasteiger partial charge in [-0.3, -0.25) is 0 Å². The number of aromatic nitrogens is 2. The number of carbonyl (C=O) groups is 1. The number of carbonyl (C=O) groups excluding carboxylic acids is 1. The fraction of sp³-hybridized carbons (Fsp3) is 0.750. The highest BCUT2D eigenvalue weighted by atomic mass is 16.6. The van der Waals surface area contributed by atoms with Gasteiger partial charge in [0, 0.05) is 37.9 Å². The van der Waals surface area contributed by atoms with Crippen LogP contribution in [0.3, 0.4) is 0 Å². The minimum Gasteiger partial charge on any atom is -0.444 e. The molecule has 1 heterocycles. The fourth-order valence-electron chi connectivity index (χ4n) is 2.15. The molecule has 0 saturated heterocycles. The normalized spacial score (nSPS) is 11.7. The molecule has 0 aliphatic carbocycles. The van der Waals surface area contributed by atoms with E-state index in [0.29, 0.717) is 6.54 Å². The summed E-state index contributed by atoms with van der Waals surface area (Å²) in [6.07, 6.45) is 4.09. The molecule has 0 aliphatic heterocycles. The Morgan fingerprint density at radius 2 is 2.05 bits per heavy atom. The van der Waals surface area contributed by atoms with E-state index in [-0.39, 0.29) is 6.09 Å². The highest BCUT2D eigenvalue weighted by molar-refractivity contribution is 5.67. The van der Waals surface area contributed by atoms with Crippen molar-refractivity contribution in [3.63, 3.8) is 0 Å². The predicted octanol–water partition coefficient (Wildman–Crippen LogP) is 2.29. The Morgan fingerprint density at radius 3 is 2.64 bits per heavy atom. The monoisotopic (exact) mass is 310 g/mol. The summed E-state index contributed by atoms with van der Waals surface area (Å²) in [4.78, 5) is 18.2. The highest BCUT2D eigenvalue weighted by Crippen LogP contribution is 2.06. The second-order valence-corrected chi connectivity index (χ2v) is 6.28. The van der Waals surface area contributed by atoms with E-state index in [1.54, 1.807) is 0 Å². The van der Waals surface area contributed by atoms with Crippen LogP contribution in [0.15, 0.2) is 12.5 Å². The number of amides is 1. The van der Waals surface area contributed by atoms with Crippen LogP contribution in [-0.2, 0) is 17.7 Å². The molecule has 0 atom stereocenters. The van der Waals surface area contributed by atoms with Crippen molar-refractivity contribution >= 4 is 6.09 Å². The minimum atomic E-state index is -0.463. The fourth-order valence-corrected chi connectivity index (χ4v) is 2.15. The van der Waals surface area contributed by atoms with Crippen LogP contribution < -0.4 is 5.32 Å². The van der Waals surface area contributed by atoms with Crippen molar-refractivity contribution < 1.29 is 9.53 Å². The average Bonchev–Trinajstić information content (AvgIpc) is 2.85. The predicted molar refractivity (Wildman–Crippen MR) is 88.0 cm³/mol. The van der Waals surface area contributed by atoms with Gasteiger partial charge in [-0.15, -0.1) is 0 Å². The molecular formula is C16H30N4O2.